The molecule has 0 unspecified atom stereocenters. The van der Waals surface area contributed by atoms with E-state index in [1.165, 1.54) is 6.07 Å². The van der Waals surface area contributed by atoms with Crippen molar-refractivity contribution >= 4 is 17.5 Å². The quantitative estimate of drug-likeness (QED) is 0.719. The maximum Gasteiger partial charge on any atom is 0.416 e. The topological polar surface area (TPSA) is 96.6 Å². The fourth-order valence-corrected chi connectivity index (χ4v) is 3.78. The summed E-state index contributed by atoms with van der Waals surface area (Å²) in [4.78, 5) is 25.1. The van der Waals surface area contributed by atoms with Crippen molar-refractivity contribution in [1.82, 2.24) is 19.8 Å². The number of benzene rings is 1. The van der Waals surface area contributed by atoms with E-state index in [-0.39, 0.29) is 18.3 Å². The molecular formula is C20H23F3N6O2. The van der Waals surface area contributed by atoms with Crippen LogP contribution in [0.15, 0.2) is 18.2 Å². The minimum atomic E-state index is -4.47. The lowest BCUT2D eigenvalue weighted by Gasteiger charge is -2.30. The number of amides is 2. The molecule has 3 heterocycles. The first-order valence-corrected chi connectivity index (χ1v) is 9.89. The summed E-state index contributed by atoms with van der Waals surface area (Å²) < 4.78 is 44.5. The van der Waals surface area contributed by atoms with Crippen LogP contribution in [0.5, 0.6) is 0 Å². The second-order valence-electron chi connectivity index (χ2n) is 7.60. The van der Waals surface area contributed by atoms with Gasteiger partial charge in [0.25, 0.3) is 0 Å². The van der Waals surface area contributed by atoms with E-state index in [4.69, 9.17) is 10.5 Å². The van der Waals surface area contributed by atoms with Crippen LogP contribution in [0.4, 0.5) is 29.5 Å². The number of halogens is 3. The zero-order valence-corrected chi connectivity index (χ0v) is 17.0. The van der Waals surface area contributed by atoms with Crippen molar-refractivity contribution in [2.24, 2.45) is 0 Å². The van der Waals surface area contributed by atoms with Gasteiger partial charge < -0.3 is 25.6 Å². The molecule has 31 heavy (non-hydrogen) atoms. The van der Waals surface area contributed by atoms with Gasteiger partial charge in [-0.2, -0.15) is 13.2 Å². The molecule has 1 aromatic carbocycles. The third-order valence-corrected chi connectivity index (χ3v) is 5.25. The van der Waals surface area contributed by atoms with E-state index in [1.54, 1.807) is 16.7 Å². The number of nitrogens with one attached hydrogen (secondary N) is 1. The molecule has 0 aliphatic carbocycles. The smallest absolute Gasteiger partial charge is 0.399 e. The molecule has 8 nitrogen and oxygen atoms in total. The van der Waals surface area contributed by atoms with Crippen molar-refractivity contribution in [3.8, 4) is 0 Å². The third-order valence-electron chi connectivity index (χ3n) is 5.25. The van der Waals surface area contributed by atoms with E-state index in [0.717, 1.165) is 23.4 Å². The van der Waals surface area contributed by atoms with Gasteiger partial charge in [0.1, 0.15) is 11.6 Å². The largest absolute Gasteiger partial charge is 0.416 e. The number of fused-ring (bicyclic) bond motifs is 1. The lowest BCUT2D eigenvalue weighted by Crippen LogP contribution is -2.46. The van der Waals surface area contributed by atoms with Crippen LogP contribution >= 0.6 is 0 Å². The standard InChI is InChI=1S/C20H23F3N6O2/c1-12-26-17-11-29(19(30)28-2-4-31-5-3-28)10-16(17)18(27-12)25-9-13-6-14(20(21,22)23)8-15(24)7-13/h6-8H,2-5,9-11,24H2,1H3,(H,25,26,27). The number of aryl methyl sites for hydroxylation is 1. The molecule has 2 aliphatic rings. The zero-order chi connectivity index (χ0) is 22.2. The number of hydrogen-bond acceptors (Lipinski definition) is 6. The molecule has 1 fully saturated rings. The molecule has 0 atom stereocenters. The second-order valence-corrected chi connectivity index (χ2v) is 7.60. The molecule has 166 valence electrons. The van der Waals surface area contributed by atoms with Crippen LogP contribution in [0.1, 0.15) is 28.2 Å². The summed E-state index contributed by atoms with van der Waals surface area (Å²) in [7, 11) is 0. The van der Waals surface area contributed by atoms with E-state index in [2.05, 4.69) is 15.3 Å². The number of anilines is 2. The Kier molecular flexibility index (Phi) is 5.61. The maximum absolute atomic E-state index is 13.1. The first-order valence-electron chi connectivity index (χ1n) is 9.89. The van der Waals surface area contributed by atoms with Gasteiger partial charge in [-0.3, -0.25) is 0 Å². The van der Waals surface area contributed by atoms with Gasteiger partial charge >= 0.3 is 12.2 Å². The fraction of sp³-hybridized carbons (Fsp3) is 0.450. The maximum atomic E-state index is 13.1. The molecule has 0 radical (unpaired) electrons. The van der Waals surface area contributed by atoms with Crippen molar-refractivity contribution < 1.29 is 22.7 Å². The summed E-state index contributed by atoms with van der Waals surface area (Å²) in [6.07, 6.45) is -4.47. The molecule has 2 aromatic rings. The molecule has 0 saturated carbocycles. The van der Waals surface area contributed by atoms with Crippen molar-refractivity contribution in [3.63, 3.8) is 0 Å². The Hall–Kier alpha value is -3.08. The van der Waals surface area contributed by atoms with Crippen molar-refractivity contribution in [2.45, 2.75) is 32.7 Å². The summed E-state index contributed by atoms with van der Waals surface area (Å²) in [6.45, 7) is 4.64. The predicted octanol–water partition coefficient (Wildman–Crippen LogP) is 2.77. The van der Waals surface area contributed by atoms with Crippen LogP contribution in [-0.4, -0.2) is 52.1 Å². The number of carbonyl (C=O) groups excluding carboxylic acids is 1. The number of nitrogen functional groups attached to an aromatic ring is 1. The highest BCUT2D eigenvalue weighted by Crippen LogP contribution is 2.32. The molecule has 11 heteroatoms. The van der Waals surface area contributed by atoms with E-state index < -0.39 is 11.7 Å². The third kappa shape index (κ3) is 4.66. The number of hydrogen-bond donors (Lipinski definition) is 2. The predicted molar refractivity (Wildman–Crippen MR) is 107 cm³/mol. The van der Waals surface area contributed by atoms with E-state index in [0.29, 0.717) is 56.6 Å². The number of carbonyl (C=O) groups is 1. The Balaban J connectivity index is 1.51. The number of nitrogens with two attached hydrogens (primary N) is 1. The van der Waals surface area contributed by atoms with Crippen LogP contribution < -0.4 is 11.1 Å². The summed E-state index contributed by atoms with van der Waals surface area (Å²) in [5, 5.41) is 3.10. The Bertz CT molecular complexity index is 992. The SMILES string of the molecule is Cc1nc2c(c(NCc3cc(N)cc(C(F)(F)F)c3)n1)CN(C(=O)N1CCOCC1)C2. The van der Waals surface area contributed by atoms with Gasteiger partial charge in [0.15, 0.2) is 0 Å². The van der Waals surface area contributed by atoms with Crippen LogP contribution in [0.3, 0.4) is 0 Å². The number of alkyl halides is 3. The van der Waals surface area contributed by atoms with Gasteiger partial charge in [0.2, 0.25) is 0 Å². The Morgan fingerprint density at radius 1 is 1.16 bits per heavy atom. The van der Waals surface area contributed by atoms with Gasteiger partial charge in [-0.25, -0.2) is 14.8 Å². The number of urea groups is 1. The molecular weight excluding hydrogens is 413 g/mol. The summed E-state index contributed by atoms with van der Waals surface area (Å²) in [5.74, 6) is 1.03. The second kappa shape index (κ2) is 8.22. The van der Waals surface area contributed by atoms with Gasteiger partial charge in [-0.15, -0.1) is 0 Å². The van der Waals surface area contributed by atoms with Gasteiger partial charge in [-0.1, -0.05) is 0 Å². The zero-order valence-electron chi connectivity index (χ0n) is 17.0. The highest BCUT2D eigenvalue weighted by molar-refractivity contribution is 5.76. The van der Waals surface area contributed by atoms with Crippen molar-refractivity contribution in [3.05, 3.63) is 46.4 Å². The molecule has 1 saturated heterocycles. The molecule has 1 aromatic heterocycles. The number of rotatable bonds is 3. The first kappa shape index (κ1) is 21.2. The Morgan fingerprint density at radius 3 is 2.61 bits per heavy atom. The molecule has 4 rings (SSSR count). The summed E-state index contributed by atoms with van der Waals surface area (Å²) >= 11 is 0. The molecule has 0 spiro atoms. The van der Waals surface area contributed by atoms with Gasteiger partial charge in [-0.05, 0) is 30.7 Å². The average Bonchev–Trinajstić information content (AvgIpc) is 3.15. The minimum Gasteiger partial charge on any atom is -0.399 e. The summed E-state index contributed by atoms with van der Waals surface area (Å²) in [5.41, 5.74) is 6.79. The average molecular weight is 436 g/mol. The normalized spacial score (nSPS) is 16.4. The highest BCUT2D eigenvalue weighted by Gasteiger charge is 2.32. The molecule has 2 aliphatic heterocycles. The Labute approximate surface area is 177 Å². The van der Waals surface area contributed by atoms with E-state index in [9.17, 15) is 18.0 Å². The van der Waals surface area contributed by atoms with Gasteiger partial charge in [0.05, 0.1) is 37.6 Å². The van der Waals surface area contributed by atoms with E-state index >= 15 is 0 Å². The van der Waals surface area contributed by atoms with Crippen LogP contribution in [-0.2, 0) is 30.5 Å². The van der Waals surface area contributed by atoms with Crippen molar-refractivity contribution in [1.29, 1.82) is 0 Å². The van der Waals surface area contributed by atoms with E-state index in [1.807, 2.05) is 0 Å². The Morgan fingerprint density at radius 2 is 1.90 bits per heavy atom. The molecule has 3 N–H and O–H groups in total. The number of aromatic nitrogens is 2. The number of morpholine rings is 1. The highest BCUT2D eigenvalue weighted by atomic mass is 19.4. The monoisotopic (exact) mass is 436 g/mol. The number of nitrogens with zero attached hydrogens (tertiary/aromatic N) is 4. The lowest BCUT2D eigenvalue weighted by molar-refractivity contribution is -0.137. The lowest BCUT2D eigenvalue weighted by atomic mass is 10.1. The van der Waals surface area contributed by atoms with Gasteiger partial charge in [0, 0.05) is 30.9 Å². The fourth-order valence-electron chi connectivity index (χ4n) is 3.78. The molecule has 0 bridgehead atoms. The van der Waals surface area contributed by atoms with Crippen LogP contribution in [0.25, 0.3) is 0 Å². The summed E-state index contributed by atoms with van der Waals surface area (Å²) in [6, 6.07) is 3.37. The van der Waals surface area contributed by atoms with Crippen molar-refractivity contribution in [2.75, 3.05) is 37.4 Å². The van der Waals surface area contributed by atoms with Crippen LogP contribution in [0.2, 0.25) is 0 Å². The van der Waals surface area contributed by atoms with Crippen LogP contribution in [0, 0.1) is 6.92 Å². The first-order chi connectivity index (χ1) is 14.7. The molecule has 2 amide bonds. The number of ether oxygens (including phenoxy) is 1. The minimum absolute atomic E-state index is 0.0398.